The summed E-state index contributed by atoms with van der Waals surface area (Å²) >= 11 is 5.71. The Balaban J connectivity index is 1.62. The summed E-state index contributed by atoms with van der Waals surface area (Å²) in [7, 11) is 0. The lowest BCUT2D eigenvalue weighted by molar-refractivity contribution is -0.130. The van der Waals surface area contributed by atoms with Crippen LogP contribution in [0, 0.1) is 0 Å². The third-order valence-electron chi connectivity index (χ3n) is 3.65. The molecule has 1 aromatic rings. The Bertz CT molecular complexity index is 450. The molecule has 0 bridgehead atoms. The highest BCUT2D eigenvalue weighted by Gasteiger charge is 2.35. The van der Waals surface area contributed by atoms with E-state index < -0.39 is 0 Å². The van der Waals surface area contributed by atoms with Gasteiger partial charge >= 0.3 is 0 Å². The van der Waals surface area contributed by atoms with Gasteiger partial charge in [-0.05, 0) is 18.6 Å². The Labute approximate surface area is 111 Å². The van der Waals surface area contributed by atoms with E-state index in [9.17, 15) is 4.79 Å². The van der Waals surface area contributed by atoms with Crippen molar-refractivity contribution in [2.45, 2.75) is 25.4 Å². The van der Waals surface area contributed by atoms with Crippen molar-refractivity contribution in [1.82, 2.24) is 20.0 Å². The van der Waals surface area contributed by atoms with Crippen LogP contribution in [0.1, 0.15) is 18.5 Å². The van der Waals surface area contributed by atoms with Crippen LogP contribution >= 0.6 is 11.6 Å². The minimum Gasteiger partial charge on any atom is -0.337 e. The lowest BCUT2D eigenvalue weighted by Gasteiger charge is -2.37. The largest absolute Gasteiger partial charge is 0.337 e. The van der Waals surface area contributed by atoms with Gasteiger partial charge in [-0.2, -0.15) is 5.10 Å². The van der Waals surface area contributed by atoms with Crippen molar-refractivity contribution >= 4 is 17.5 Å². The summed E-state index contributed by atoms with van der Waals surface area (Å²) in [6.45, 7) is 3.47. The van der Waals surface area contributed by atoms with E-state index in [1.54, 1.807) is 6.07 Å². The quantitative estimate of drug-likeness (QED) is 0.799. The van der Waals surface area contributed by atoms with Crippen LogP contribution in [0.5, 0.6) is 0 Å². The van der Waals surface area contributed by atoms with Gasteiger partial charge in [-0.3, -0.25) is 9.69 Å². The van der Waals surface area contributed by atoms with Gasteiger partial charge in [-0.25, -0.2) is 0 Å². The Morgan fingerprint density at radius 3 is 3.00 bits per heavy atom. The second kappa shape index (κ2) is 4.82. The molecule has 2 saturated heterocycles. The maximum absolute atomic E-state index is 11.6. The molecule has 6 heteroatoms. The van der Waals surface area contributed by atoms with Crippen molar-refractivity contribution in [3.8, 4) is 0 Å². The van der Waals surface area contributed by atoms with E-state index in [1.807, 2.05) is 11.0 Å². The van der Waals surface area contributed by atoms with Crippen LogP contribution in [-0.4, -0.2) is 51.6 Å². The molecule has 3 rings (SSSR count). The average Bonchev–Trinajstić information content (AvgIpc) is 2.74. The van der Waals surface area contributed by atoms with Crippen LogP contribution in [0.2, 0.25) is 5.15 Å². The number of aromatic nitrogens is 2. The van der Waals surface area contributed by atoms with Gasteiger partial charge in [0, 0.05) is 38.6 Å². The number of carbonyl (C=O) groups excluding carboxylic acids is 1. The Morgan fingerprint density at radius 2 is 2.22 bits per heavy atom. The zero-order valence-electron chi connectivity index (χ0n) is 10.0. The van der Waals surface area contributed by atoms with Crippen molar-refractivity contribution in [2.75, 3.05) is 19.6 Å². The number of halogens is 1. The van der Waals surface area contributed by atoms with Gasteiger partial charge in [0.15, 0.2) is 5.15 Å². The van der Waals surface area contributed by atoms with Gasteiger partial charge in [0.05, 0.1) is 5.69 Å². The number of piperazine rings is 1. The first-order chi connectivity index (χ1) is 8.72. The van der Waals surface area contributed by atoms with Gasteiger partial charge in [0.1, 0.15) is 0 Å². The molecule has 1 aromatic heterocycles. The summed E-state index contributed by atoms with van der Waals surface area (Å²) in [5, 5.41) is 8.34. The molecule has 2 fully saturated rings. The minimum atomic E-state index is 0.311. The first kappa shape index (κ1) is 11.9. The summed E-state index contributed by atoms with van der Waals surface area (Å²) in [4.78, 5) is 15.9. The fourth-order valence-electron chi connectivity index (χ4n) is 2.73. The minimum absolute atomic E-state index is 0.311. The molecule has 0 aliphatic carbocycles. The van der Waals surface area contributed by atoms with Crippen molar-refractivity contribution in [3.63, 3.8) is 0 Å². The molecule has 1 atom stereocenters. The first-order valence-electron chi connectivity index (χ1n) is 6.22. The zero-order valence-corrected chi connectivity index (χ0v) is 10.8. The molecule has 1 amide bonds. The summed E-state index contributed by atoms with van der Waals surface area (Å²) in [6.07, 6.45) is 1.70. The lowest BCUT2D eigenvalue weighted by atomic mass is 10.1. The molecular weight excluding hydrogens is 252 g/mol. The fourth-order valence-corrected chi connectivity index (χ4v) is 2.83. The summed E-state index contributed by atoms with van der Waals surface area (Å²) in [5.74, 6) is 0.311. The Morgan fingerprint density at radius 1 is 1.33 bits per heavy atom. The van der Waals surface area contributed by atoms with Crippen LogP contribution in [0.4, 0.5) is 0 Å². The molecule has 3 heterocycles. The van der Waals surface area contributed by atoms with E-state index >= 15 is 0 Å². The molecule has 2 aliphatic heterocycles. The van der Waals surface area contributed by atoms with Crippen LogP contribution in [0.15, 0.2) is 12.1 Å². The van der Waals surface area contributed by atoms with Crippen LogP contribution < -0.4 is 0 Å². The third kappa shape index (κ3) is 2.33. The molecule has 18 heavy (non-hydrogen) atoms. The summed E-state index contributed by atoms with van der Waals surface area (Å²) < 4.78 is 0. The third-order valence-corrected chi connectivity index (χ3v) is 3.85. The van der Waals surface area contributed by atoms with Crippen molar-refractivity contribution in [2.24, 2.45) is 0 Å². The topological polar surface area (TPSA) is 49.3 Å². The molecule has 0 aromatic carbocycles. The second-order valence-electron chi connectivity index (χ2n) is 4.86. The van der Waals surface area contributed by atoms with Gasteiger partial charge < -0.3 is 4.90 Å². The zero-order chi connectivity index (χ0) is 12.5. The van der Waals surface area contributed by atoms with E-state index in [1.165, 1.54) is 0 Å². The number of hydrogen-bond acceptors (Lipinski definition) is 4. The Hall–Kier alpha value is -1.20. The number of fused-ring (bicyclic) bond motifs is 1. The SMILES string of the molecule is O=C1CCC2CN(Cc3ccc(Cl)nn3)CCN12. The van der Waals surface area contributed by atoms with E-state index in [0.29, 0.717) is 23.5 Å². The highest BCUT2D eigenvalue weighted by atomic mass is 35.5. The molecule has 0 spiro atoms. The van der Waals surface area contributed by atoms with E-state index in [2.05, 4.69) is 15.1 Å². The van der Waals surface area contributed by atoms with E-state index in [0.717, 1.165) is 38.3 Å². The number of rotatable bonds is 2. The van der Waals surface area contributed by atoms with Gasteiger partial charge in [-0.15, -0.1) is 5.10 Å². The number of carbonyl (C=O) groups is 1. The standard InChI is InChI=1S/C12H15ClN4O/c13-11-3-1-9(14-15-11)7-16-5-6-17-10(8-16)2-4-12(17)18/h1,3,10H,2,4-8H2. The number of amides is 1. The molecule has 5 nitrogen and oxygen atoms in total. The van der Waals surface area contributed by atoms with Gasteiger partial charge in [0.2, 0.25) is 5.91 Å². The highest BCUT2D eigenvalue weighted by Crippen LogP contribution is 2.23. The molecule has 0 saturated carbocycles. The van der Waals surface area contributed by atoms with Crippen LogP contribution in [-0.2, 0) is 11.3 Å². The normalized spacial score (nSPS) is 24.4. The fraction of sp³-hybridized carbons (Fsp3) is 0.583. The summed E-state index contributed by atoms with van der Waals surface area (Å²) in [5.41, 5.74) is 0.928. The lowest BCUT2D eigenvalue weighted by Crippen LogP contribution is -2.51. The number of hydrogen-bond donors (Lipinski definition) is 0. The van der Waals surface area contributed by atoms with E-state index in [-0.39, 0.29) is 0 Å². The predicted molar refractivity (Wildman–Crippen MR) is 67.1 cm³/mol. The molecular formula is C12H15ClN4O. The van der Waals surface area contributed by atoms with Gasteiger partial charge in [-0.1, -0.05) is 11.6 Å². The smallest absolute Gasteiger partial charge is 0.222 e. The monoisotopic (exact) mass is 266 g/mol. The maximum atomic E-state index is 11.6. The maximum Gasteiger partial charge on any atom is 0.222 e. The highest BCUT2D eigenvalue weighted by molar-refractivity contribution is 6.29. The van der Waals surface area contributed by atoms with Crippen molar-refractivity contribution in [3.05, 3.63) is 23.0 Å². The predicted octanol–water partition coefficient (Wildman–Crippen LogP) is 0.937. The molecule has 0 radical (unpaired) electrons. The molecule has 1 unspecified atom stereocenters. The van der Waals surface area contributed by atoms with Crippen molar-refractivity contribution < 1.29 is 4.79 Å². The van der Waals surface area contributed by atoms with Crippen LogP contribution in [0.3, 0.4) is 0 Å². The average molecular weight is 267 g/mol. The number of nitrogens with zero attached hydrogens (tertiary/aromatic N) is 4. The van der Waals surface area contributed by atoms with E-state index in [4.69, 9.17) is 11.6 Å². The van der Waals surface area contributed by atoms with Gasteiger partial charge in [0.25, 0.3) is 0 Å². The molecule has 96 valence electrons. The Kier molecular flexibility index (Phi) is 3.18. The second-order valence-corrected chi connectivity index (χ2v) is 5.25. The van der Waals surface area contributed by atoms with Crippen LogP contribution in [0.25, 0.3) is 0 Å². The van der Waals surface area contributed by atoms with Crippen molar-refractivity contribution in [1.29, 1.82) is 0 Å². The summed E-state index contributed by atoms with van der Waals surface area (Å²) in [6, 6.07) is 4.06. The molecule has 2 aliphatic rings. The molecule has 0 N–H and O–H groups in total. The first-order valence-corrected chi connectivity index (χ1v) is 6.60.